The third-order valence-electron chi connectivity index (χ3n) is 4.49. The monoisotopic (exact) mass is 349 g/mol. The summed E-state index contributed by atoms with van der Waals surface area (Å²) in [6.45, 7) is 1.41. The van der Waals surface area contributed by atoms with E-state index >= 15 is 0 Å². The Balaban J connectivity index is 1.76. The standard InChI is InChI=1S/C20H19N3O3/c1-25-17-10-14-15(11-18(17)26-2)22-19(23-9-8-21-20(14)23)12-16(24)13-6-4-3-5-7-13/h3-7,10-12,22H,8-9H2,1-2H3/b19-12+. The highest BCUT2D eigenvalue weighted by atomic mass is 16.5. The average Bonchev–Trinajstić information content (AvgIpc) is 3.18. The molecule has 2 aliphatic rings. The van der Waals surface area contributed by atoms with Crippen molar-refractivity contribution in [2.24, 2.45) is 4.99 Å². The fourth-order valence-corrected chi connectivity index (χ4v) is 3.21. The number of hydrogen-bond acceptors (Lipinski definition) is 6. The molecule has 2 aromatic rings. The summed E-state index contributed by atoms with van der Waals surface area (Å²) in [5.41, 5.74) is 2.42. The van der Waals surface area contributed by atoms with E-state index in [9.17, 15) is 4.79 Å². The lowest BCUT2D eigenvalue weighted by Crippen LogP contribution is -2.36. The summed E-state index contributed by atoms with van der Waals surface area (Å²) in [4.78, 5) is 19.2. The van der Waals surface area contributed by atoms with Crippen molar-refractivity contribution in [3.05, 3.63) is 65.5 Å². The number of rotatable bonds is 4. The van der Waals surface area contributed by atoms with Crippen LogP contribution in [0.25, 0.3) is 0 Å². The Bertz CT molecular complexity index is 919. The largest absolute Gasteiger partial charge is 0.493 e. The maximum Gasteiger partial charge on any atom is 0.189 e. The van der Waals surface area contributed by atoms with Crippen molar-refractivity contribution in [2.75, 3.05) is 32.6 Å². The topological polar surface area (TPSA) is 63.2 Å². The maximum absolute atomic E-state index is 12.6. The molecule has 2 aromatic carbocycles. The van der Waals surface area contributed by atoms with Gasteiger partial charge in [0.1, 0.15) is 11.7 Å². The average molecular weight is 349 g/mol. The van der Waals surface area contributed by atoms with E-state index in [1.807, 2.05) is 47.4 Å². The molecular weight excluding hydrogens is 330 g/mol. The Labute approximate surface area is 151 Å². The number of fused-ring (bicyclic) bond motifs is 3. The number of anilines is 1. The highest BCUT2D eigenvalue weighted by Crippen LogP contribution is 2.38. The second-order valence-electron chi connectivity index (χ2n) is 5.99. The summed E-state index contributed by atoms with van der Waals surface area (Å²) in [6.07, 6.45) is 1.62. The molecule has 0 fully saturated rings. The molecule has 0 unspecified atom stereocenters. The predicted octanol–water partition coefficient (Wildman–Crippen LogP) is 2.92. The summed E-state index contributed by atoms with van der Waals surface area (Å²) in [7, 11) is 3.21. The van der Waals surface area contributed by atoms with Gasteiger partial charge < -0.3 is 19.7 Å². The number of carbonyl (C=O) groups excluding carboxylic acids is 1. The predicted molar refractivity (Wildman–Crippen MR) is 100 cm³/mol. The molecule has 0 radical (unpaired) electrons. The molecule has 4 rings (SSSR count). The number of carbonyl (C=O) groups is 1. The van der Waals surface area contributed by atoms with E-state index in [2.05, 4.69) is 10.3 Å². The number of methoxy groups -OCH3 is 2. The van der Waals surface area contributed by atoms with Crippen molar-refractivity contribution >= 4 is 17.3 Å². The number of hydrogen-bond donors (Lipinski definition) is 1. The number of benzene rings is 2. The van der Waals surface area contributed by atoms with E-state index in [0.29, 0.717) is 23.6 Å². The molecular formula is C20H19N3O3. The highest BCUT2D eigenvalue weighted by Gasteiger charge is 2.31. The minimum absolute atomic E-state index is 0.0525. The molecule has 0 atom stereocenters. The van der Waals surface area contributed by atoms with E-state index in [0.717, 1.165) is 29.5 Å². The molecule has 1 N–H and O–H groups in total. The third-order valence-corrected chi connectivity index (χ3v) is 4.49. The van der Waals surface area contributed by atoms with E-state index in [1.54, 1.807) is 20.3 Å². The number of ketones is 1. The molecule has 0 spiro atoms. The Hall–Kier alpha value is -3.28. The van der Waals surface area contributed by atoms with Gasteiger partial charge in [0.2, 0.25) is 0 Å². The minimum Gasteiger partial charge on any atom is -0.493 e. The molecule has 0 saturated heterocycles. The molecule has 6 nitrogen and oxygen atoms in total. The van der Waals surface area contributed by atoms with Crippen molar-refractivity contribution in [3.63, 3.8) is 0 Å². The molecule has 26 heavy (non-hydrogen) atoms. The Morgan fingerprint density at radius 2 is 1.88 bits per heavy atom. The Morgan fingerprint density at radius 3 is 2.62 bits per heavy atom. The molecule has 0 bridgehead atoms. The fraction of sp³-hybridized carbons (Fsp3) is 0.200. The number of amidine groups is 1. The summed E-state index contributed by atoms with van der Waals surface area (Å²) >= 11 is 0. The van der Waals surface area contributed by atoms with Gasteiger partial charge in [0.15, 0.2) is 17.3 Å². The van der Waals surface area contributed by atoms with Crippen LogP contribution in [-0.4, -0.2) is 43.8 Å². The third kappa shape index (κ3) is 2.69. The van der Waals surface area contributed by atoms with E-state index < -0.39 is 0 Å². The zero-order chi connectivity index (χ0) is 18.1. The van der Waals surface area contributed by atoms with Crippen molar-refractivity contribution in [2.45, 2.75) is 0 Å². The van der Waals surface area contributed by atoms with Crippen LogP contribution >= 0.6 is 0 Å². The number of nitrogens with zero attached hydrogens (tertiary/aromatic N) is 2. The Morgan fingerprint density at radius 1 is 1.15 bits per heavy atom. The summed E-state index contributed by atoms with van der Waals surface area (Å²) < 4.78 is 10.8. The normalized spacial score (nSPS) is 16.5. The lowest BCUT2D eigenvalue weighted by atomic mass is 10.1. The van der Waals surface area contributed by atoms with Gasteiger partial charge in [-0.05, 0) is 6.07 Å². The highest BCUT2D eigenvalue weighted by molar-refractivity contribution is 6.10. The number of aliphatic imine (C=N–C) groups is 1. The zero-order valence-electron chi connectivity index (χ0n) is 14.7. The van der Waals surface area contributed by atoms with Crippen LogP contribution in [0.15, 0.2) is 59.4 Å². The van der Waals surface area contributed by atoms with Gasteiger partial charge in [-0.1, -0.05) is 30.3 Å². The number of ether oxygens (including phenoxy) is 2. The summed E-state index contributed by atoms with van der Waals surface area (Å²) in [6, 6.07) is 13.0. The van der Waals surface area contributed by atoms with Gasteiger partial charge in [-0.3, -0.25) is 9.79 Å². The van der Waals surface area contributed by atoms with Gasteiger partial charge in [-0.15, -0.1) is 0 Å². The van der Waals surface area contributed by atoms with Crippen molar-refractivity contribution in [1.29, 1.82) is 0 Å². The van der Waals surface area contributed by atoms with Gasteiger partial charge in [-0.25, -0.2) is 0 Å². The molecule has 6 heteroatoms. The smallest absolute Gasteiger partial charge is 0.189 e. The van der Waals surface area contributed by atoms with Crippen molar-refractivity contribution in [1.82, 2.24) is 4.90 Å². The second-order valence-corrected chi connectivity index (χ2v) is 5.99. The SMILES string of the molecule is COc1cc2c(cc1OC)C1=NCCN1/C(=C/C(=O)c1ccccc1)N2. The van der Waals surface area contributed by atoms with Crippen LogP contribution in [0.4, 0.5) is 5.69 Å². The summed E-state index contributed by atoms with van der Waals surface area (Å²) in [5.74, 6) is 2.78. The summed E-state index contributed by atoms with van der Waals surface area (Å²) in [5, 5.41) is 3.34. The maximum atomic E-state index is 12.6. The number of nitrogens with one attached hydrogen (secondary N) is 1. The quantitative estimate of drug-likeness (QED) is 0.679. The van der Waals surface area contributed by atoms with Gasteiger partial charge in [0, 0.05) is 29.8 Å². The van der Waals surface area contributed by atoms with Crippen LogP contribution in [0, 0.1) is 0 Å². The molecule has 0 amide bonds. The zero-order valence-corrected chi connectivity index (χ0v) is 14.7. The van der Waals surface area contributed by atoms with E-state index in [-0.39, 0.29) is 5.78 Å². The van der Waals surface area contributed by atoms with Gasteiger partial charge in [0.25, 0.3) is 0 Å². The lowest BCUT2D eigenvalue weighted by Gasteiger charge is -2.31. The number of allylic oxidation sites excluding steroid dienone is 1. The van der Waals surface area contributed by atoms with Crippen LogP contribution in [0.5, 0.6) is 11.5 Å². The first kappa shape index (κ1) is 16.2. The molecule has 0 aliphatic carbocycles. The van der Waals surface area contributed by atoms with Gasteiger partial charge >= 0.3 is 0 Å². The van der Waals surface area contributed by atoms with Crippen LogP contribution in [-0.2, 0) is 0 Å². The fourth-order valence-electron chi connectivity index (χ4n) is 3.21. The minimum atomic E-state index is -0.0525. The van der Waals surface area contributed by atoms with Crippen LogP contribution in [0.2, 0.25) is 0 Å². The first-order chi connectivity index (χ1) is 12.7. The Kier molecular flexibility index (Phi) is 4.08. The first-order valence-corrected chi connectivity index (χ1v) is 8.37. The van der Waals surface area contributed by atoms with Gasteiger partial charge in [-0.2, -0.15) is 0 Å². The van der Waals surface area contributed by atoms with E-state index in [1.165, 1.54) is 0 Å². The first-order valence-electron chi connectivity index (χ1n) is 8.37. The molecule has 0 aromatic heterocycles. The molecule has 2 heterocycles. The van der Waals surface area contributed by atoms with E-state index in [4.69, 9.17) is 9.47 Å². The van der Waals surface area contributed by atoms with Crippen molar-refractivity contribution in [3.8, 4) is 11.5 Å². The lowest BCUT2D eigenvalue weighted by molar-refractivity contribution is 0.104. The molecule has 0 saturated carbocycles. The second kappa shape index (κ2) is 6.55. The van der Waals surface area contributed by atoms with Gasteiger partial charge in [0.05, 0.1) is 26.5 Å². The van der Waals surface area contributed by atoms with Crippen molar-refractivity contribution < 1.29 is 14.3 Å². The molecule has 2 aliphatic heterocycles. The van der Waals surface area contributed by atoms with Crippen LogP contribution in [0.3, 0.4) is 0 Å². The van der Waals surface area contributed by atoms with Crippen LogP contribution in [0.1, 0.15) is 15.9 Å². The van der Waals surface area contributed by atoms with Crippen LogP contribution < -0.4 is 14.8 Å². The molecule has 132 valence electrons.